The fraction of sp³-hybridized carbons (Fsp3) is 0.846. The third-order valence-electron chi connectivity index (χ3n) is 2.74. The first kappa shape index (κ1) is 17.3. The molecule has 0 aromatic carbocycles. The van der Waals surface area contributed by atoms with Gasteiger partial charge in [-0.1, -0.05) is 13.3 Å². The van der Waals surface area contributed by atoms with Crippen LogP contribution in [0.15, 0.2) is 0 Å². The SMILES string of the molecule is CCCC(CCSC)(C(=O)OCC)C(=O)OCC. The van der Waals surface area contributed by atoms with Crippen LogP contribution in [-0.2, 0) is 19.1 Å². The smallest absolute Gasteiger partial charge is 0.323 e. The van der Waals surface area contributed by atoms with Gasteiger partial charge in [-0.05, 0) is 38.7 Å². The number of esters is 2. The molecule has 0 rings (SSSR count). The summed E-state index contributed by atoms with van der Waals surface area (Å²) in [4.78, 5) is 24.3. The Bertz CT molecular complexity index is 248. The molecule has 0 fully saturated rings. The number of carbonyl (C=O) groups excluding carboxylic acids is 2. The molecule has 0 radical (unpaired) electrons. The summed E-state index contributed by atoms with van der Waals surface area (Å²) in [6, 6.07) is 0. The van der Waals surface area contributed by atoms with Crippen molar-refractivity contribution in [3.8, 4) is 0 Å². The van der Waals surface area contributed by atoms with Gasteiger partial charge < -0.3 is 9.47 Å². The van der Waals surface area contributed by atoms with Crippen molar-refractivity contribution in [2.45, 2.75) is 40.0 Å². The second kappa shape index (κ2) is 9.25. The van der Waals surface area contributed by atoms with Crippen LogP contribution in [0.3, 0.4) is 0 Å². The van der Waals surface area contributed by atoms with Gasteiger partial charge in [-0.2, -0.15) is 11.8 Å². The normalized spacial score (nSPS) is 11.1. The molecular formula is C13H24O4S. The molecule has 5 heteroatoms. The molecule has 0 aromatic rings. The van der Waals surface area contributed by atoms with Crippen LogP contribution < -0.4 is 0 Å². The summed E-state index contributed by atoms with van der Waals surface area (Å²) in [6.45, 7) is 6.00. The number of ether oxygens (including phenoxy) is 2. The molecule has 0 unspecified atom stereocenters. The standard InChI is InChI=1S/C13H24O4S/c1-5-8-13(9-10-18-4,11(14)16-6-2)12(15)17-7-3/h5-10H2,1-4H3. The van der Waals surface area contributed by atoms with E-state index >= 15 is 0 Å². The van der Waals surface area contributed by atoms with Gasteiger partial charge in [0.2, 0.25) is 0 Å². The number of hydrogen-bond donors (Lipinski definition) is 0. The van der Waals surface area contributed by atoms with Crippen LogP contribution in [-0.4, -0.2) is 37.2 Å². The fourth-order valence-corrected chi connectivity index (χ4v) is 2.41. The van der Waals surface area contributed by atoms with E-state index in [-0.39, 0.29) is 13.2 Å². The molecule has 0 spiro atoms. The highest BCUT2D eigenvalue weighted by atomic mass is 32.2. The molecule has 0 aliphatic heterocycles. The number of thioether (sulfide) groups is 1. The first-order valence-electron chi connectivity index (χ1n) is 6.42. The minimum atomic E-state index is -1.12. The van der Waals surface area contributed by atoms with Gasteiger partial charge in [0.25, 0.3) is 0 Å². The third kappa shape index (κ3) is 4.52. The van der Waals surface area contributed by atoms with Crippen LogP contribution in [0.1, 0.15) is 40.0 Å². The average molecular weight is 276 g/mol. The Morgan fingerprint density at radius 3 is 1.83 bits per heavy atom. The van der Waals surface area contributed by atoms with Gasteiger partial charge in [0, 0.05) is 0 Å². The van der Waals surface area contributed by atoms with Crippen LogP contribution in [0.5, 0.6) is 0 Å². The van der Waals surface area contributed by atoms with Gasteiger partial charge in [-0.25, -0.2) is 0 Å². The minimum absolute atomic E-state index is 0.281. The van der Waals surface area contributed by atoms with Gasteiger partial charge in [0.05, 0.1) is 13.2 Å². The molecule has 0 atom stereocenters. The van der Waals surface area contributed by atoms with E-state index in [0.29, 0.717) is 12.8 Å². The highest BCUT2D eigenvalue weighted by Gasteiger charge is 2.47. The Morgan fingerprint density at radius 1 is 1.00 bits per heavy atom. The zero-order chi connectivity index (χ0) is 14.0. The lowest BCUT2D eigenvalue weighted by Gasteiger charge is -2.28. The van der Waals surface area contributed by atoms with Crippen molar-refractivity contribution in [3.05, 3.63) is 0 Å². The second-order valence-corrected chi connectivity index (χ2v) is 5.00. The Labute approximate surface area is 114 Å². The van der Waals surface area contributed by atoms with Crippen molar-refractivity contribution in [3.63, 3.8) is 0 Å². The van der Waals surface area contributed by atoms with Crippen molar-refractivity contribution >= 4 is 23.7 Å². The first-order chi connectivity index (χ1) is 8.58. The van der Waals surface area contributed by atoms with Crippen molar-refractivity contribution in [1.29, 1.82) is 0 Å². The zero-order valence-electron chi connectivity index (χ0n) is 11.8. The van der Waals surface area contributed by atoms with Crippen LogP contribution in [0.2, 0.25) is 0 Å². The van der Waals surface area contributed by atoms with Crippen molar-refractivity contribution in [2.24, 2.45) is 5.41 Å². The van der Waals surface area contributed by atoms with E-state index in [1.165, 1.54) is 0 Å². The van der Waals surface area contributed by atoms with E-state index in [0.717, 1.165) is 12.2 Å². The van der Waals surface area contributed by atoms with Gasteiger partial charge in [0.1, 0.15) is 0 Å². The van der Waals surface area contributed by atoms with Gasteiger partial charge >= 0.3 is 11.9 Å². The Balaban J connectivity index is 5.12. The van der Waals surface area contributed by atoms with Crippen LogP contribution in [0.4, 0.5) is 0 Å². The zero-order valence-corrected chi connectivity index (χ0v) is 12.6. The molecule has 0 N–H and O–H groups in total. The highest BCUT2D eigenvalue weighted by Crippen LogP contribution is 2.33. The quantitative estimate of drug-likeness (QED) is 0.478. The maximum absolute atomic E-state index is 12.1. The molecule has 0 aliphatic rings. The topological polar surface area (TPSA) is 52.6 Å². The van der Waals surface area contributed by atoms with Crippen LogP contribution >= 0.6 is 11.8 Å². The molecular weight excluding hydrogens is 252 g/mol. The van der Waals surface area contributed by atoms with E-state index in [1.54, 1.807) is 25.6 Å². The van der Waals surface area contributed by atoms with Crippen LogP contribution in [0, 0.1) is 5.41 Å². The molecule has 0 saturated heterocycles. The van der Waals surface area contributed by atoms with Crippen LogP contribution in [0.25, 0.3) is 0 Å². The third-order valence-corrected chi connectivity index (χ3v) is 3.35. The second-order valence-electron chi connectivity index (χ2n) is 4.02. The summed E-state index contributed by atoms with van der Waals surface area (Å²) in [7, 11) is 0. The Morgan fingerprint density at radius 2 is 1.50 bits per heavy atom. The molecule has 4 nitrogen and oxygen atoms in total. The molecule has 106 valence electrons. The summed E-state index contributed by atoms with van der Waals surface area (Å²) >= 11 is 1.61. The molecule has 0 heterocycles. The summed E-state index contributed by atoms with van der Waals surface area (Å²) in [5.41, 5.74) is -1.12. The van der Waals surface area contributed by atoms with Crippen molar-refractivity contribution in [2.75, 3.05) is 25.2 Å². The summed E-state index contributed by atoms with van der Waals surface area (Å²) in [6.07, 6.45) is 3.64. The Kier molecular flexibility index (Phi) is 8.89. The van der Waals surface area contributed by atoms with E-state index < -0.39 is 17.4 Å². The van der Waals surface area contributed by atoms with E-state index in [4.69, 9.17) is 9.47 Å². The van der Waals surface area contributed by atoms with Crippen molar-refractivity contribution < 1.29 is 19.1 Å². The van der Waals surface area contributed by atoms with Gasteiger partial charge in [0.15, 0.2) is 5.41 Å². The lowest BCUT2D eigenvalue weighted by atomic mass is 9.80. The van der Waals surface area contributed by atoms with E-state index in [9.17, 15) is 9.59 Å². The molecule has 0 amide bonds. The minimum Gasteiger partial charge on any atom is -0.465 e. The van der Waals surface area contributed by atoms with Gasteiger partial charge in [-0.15, -0.1) is 0 Å². The average Bonchev–Trinajstić information content (AvgIpc) is 2.35. The molecule has 18 heavy (non-hydrogen) atoms. The summed E-state index contributed by atoms with van der Waals surface area (Å²) in [5, 5.41) is 0. The molecule has 0 aliphatic carbocycles. The highest BCUT2D eigenvalue weighted by molar-refractivity contribution is 7.98. The van der Waals surface area contributed by atoms with E-state index in [1.807, 2.05) is 13.2 Å². The maximum Gasteiger partial charge on any atom is 0.323 e. The number of rotatable bonds is 9. The molecule has 0 saturated carbocycles. The lowest BCUT2D eigenvalue weighted by molar-refractivity contribution is -0.173. The fourth-order valence-electron chi connectivity index (χ4n) is 1.86. The first-order valence-corrected chi connectivity index (χ1v) is 7.81. The summed E-state index contributed by atoms with van der Waals surface area (Å²) in [5.74, 6) is -0.156. The predicted octanol–water partition coefficient (Wildman–Crippen LogP) is 2.65. The lowest BCUT2D eigenvalue weighted by Crippen LogP contribution is -2.42. The molecule has 0 bridgehead atoms. The van der Waals surface area contributed by atoms with Crippen molar-refractivity contribution in [1.82, 2.24) is 0 Å². The monoisotopic (exact) mass is 276 g/mol. The molecule has 0 aromatic heterocycles. The largest absolute Gasteiger partial charge is 0.465 e. The number of hydrogen-bond acceptors (Lipinski definition) is 5. The summed E-state index contributed by atoms with van der Waals surface area (Å²) < 4.78 is 10.2. The van der Waals surface area contributed by atoms with E-state index in [2.05, 4.69) is 0 Å². The predicted molar refractivity (Wildman–Crippen MR) is 73.6 cm³/mol. The number of carbonyl (C=O) groups is 2. The maximum atomic E-state index is 12.1. The van der Waals surface area contributed by atoms with Gasteiger partial charge in [-0.3, -0.25) is 9.59 Å². The Hall–Kier alpha value is -0.710.